The average Bonchev–Trinajstić information content (AvgIpc) is 3.43. The molecule has 3 rings (SSSR count). The maximum absolute atomic E-state index is 4.85. The van der Waals surface area contributed by atoms with Crippen molar-refractivity contribution in [3.05, 3.63) is 67.7 Å². The van der Waals surface area contributed by atoms with Gasteiger partial charge in [0.25, 0.3) is 0 Å². The maximum atomic E-state index is 4.85. The van der Waals surface area contributed by atoms with Crippen molar-refractivity contribution in [2.45, 2.75) is 52.6 Å². The first kappa shape index (κ1) is 27.9. The Morgan fingerprint density at radius 2 is 1.13 bits per heavy atom. The molecule has 2 aliphatic rings. The second kappa shape index (κ2) is 17.4. The van der Waals surface area contributed by atoms with E-state index in [1.54, 1.807) is 0 Å². The summed E-state index contributed by atoms with van der Waals surface area (Å²) in [6.07, 6.45) is 13.4. The van der Waals surface area contributed by atoms with Gasteiger partial charge in [-0.25, -0.2) is 0 Å². The summed E-state index contributed by atoms with van der Waals surface area (Å²) in [4.78, 5) is 13.8. The zero-order valence-corrected chi connectivity index (χ0v) is 21.9. The van der Waals surface area contributed by atoms with Crippen molar-refractivity contribution in [3.8, 4) is 0 Å². The number of aromatic nitrogens is 1. The van der Waals surface area contributed by atoms with E-state index in [4.69, 9.17) is 4.98 Å². The van der Waals surface area contributed by atoms with Gasteiger partial charge in [0.2, 0.25) is 0 Å². The third-order valence-electron chi connectivity index (χ3n) is 4.59. The molecule has 178 valence electrons. The minimum absolute atomic E-state index is 0.815. The normalized spacial score (nSPS) is 14.7. The molecule has 0 amide bonds. The minimum atomic E-state index is 0.815. The van der Waals surface area contributed by atoms with Crippen LogP contribution >= 0.6 is 18.4 Å². The number of hydrogen-bond donors (Lipinski definition) is 0. The molecule has 0 saturated heterocycles. The van der Waals surface area contributed by atoms with Crippen molar-refractivity contribution in [2.24, 2.45) is 0 Å². The van der Waals surface area contributed by atoms with E-state index in [1.165, 1.54) is 25.7 Å². The van der Waals surface area contributed by atoms with Crippen LogP contribution in [0.1, 0.15) is 50.9 Å². The zero-order valence-electron chi connectivity index (χ0n) is 17.4. The van der Waals surface area contributed by atoms with E-state index in [-0.39, 0.29) is 0 Å². The first-order chi connectivity index (χ1) is 14.8. The van der Waals surface area contributed by atoms with Crippen molar-refractivity contribution in [3.63, 3.8) is 0 Å². The molecule has 30 heavy (non-hydrogen) atoms. The number of rotatable bonds is 10. The summed E-state index contributed by atoms with van der Waals surface area (Å²) in [7, 11) is 8.90. The second-order valence-corrected chi connectivity index (χ2v) is 6.97. The van der Waals surface area contributed by atoms with Gasteiger partial charge in [-0.2, -0.15) is 13.3 Å². The number of pyridine rings is 1. The Labute approximate surface area is 214 Å². The Morgan fingerprint density at radius 3 is 1.53 bits per heavy atom. The van der Waals surface area contributed by atoms with Crippen LogP contribution in [0, 0.1) is 13.3 Å². The first-order valence-electron chi connectivity index (χ1n) is 10.0. The molecule has 0 bridgehead atoms. The van der Waals surface area contributed by atoms with Gasteiger partial charge < -0.3 is 19.6 Å². The summed E-state index contributed by atoms with van der Waals surface area (Å²) >= 11 is 4.84. The third kappa shape index (κ3) is 10.5. The van der Waals surface area contributed by atoms with E-state index in [9.17, 15) is 0 Å². The molecule has 3 heterocycles. The fourth-order valence-corrected chi connectivity index (χ4v) is 3.09. The third-order valence-corrected chi connectivity index (χ3v) is 4.59. The summed E-state index contributed by atoms with van der Waals surface area (Å²) in [5.74, 6) is 0. The van der Waals surface area contributed by atoms with Gasteiger partial charge in [-0.15, -0.1) is 0 Å². The number of unbranched alkanes of at least 4 members (excludes halogenated alkanes) is 2. The molecule has 0 radical (unpaired) electrons. The van der Waals surface area contributed by atoms with Gasteiger partial charge in [-0.1, -0.05) is 32.8 Å². The van der Waals surface area contributed by atoms with Crippen LogP contribution in [0.25, 0.3) is 0 Å². The van der Waals surface area contributed by atoms with Crippen LogP contribution in [0.15, 0.2) is 43.0 Å². The van der Waals surface area contributed by atoms with E-state index in [2.05, 4.69) is 148 Å². The van der Waals surface area contributed by atoms with Crippen molar-refractivity contribution in [1.29, 1.82) is 0 Å². The molecule has 0 aliphatic carbocycles. The molecule has 0 unspecified atom stereocenters. The molecule has 5 nitrogen and oxygen atoms in total. The monoisotopic (exact) mass is 637 g/mol. The summed E-state index contributed by atoms with van der Waals surface area (Å²) in [5.41, 5.74) is 2.21. The van der Waals surface area contributed by atoms with Gasteiger partial charge in [-0.3, -0.25) is 4.98 Å². The van der Waals surface area contributed by atoms with Crippen LogP contribution in [0.2, 0.25) is 0 Å². The summed E-state index contributed by atoms with van der Waals surface area (Å²) in [5, 5.41) is 0. The van der Waals surface area contributed by atoms with Crippen LogP contribution in [-0.2, 0) is 53.1 Å². The van der Waals surface area contributed by atoms with Gasteiger partial charge in [-0.05, 0) is 62.9 Å². The van der Waals surface area contributed by atoms with E-state index in [1.807, 2.05) is 0 Å². The van der Waals surface area contributed by atoms with Crippen LogP contribution in [0.5, 0.6) is 0 Å². The number of nitrogens with zero attached hydrogens (tertiary/aromatic N) is 5. The Hall–Kier alpha value is -0.109. The fourth-order valence-electron chi connectivity index (χ4n) is 3.09. The number of hydrogen-bond acceptors (Lipinski definition) is 5. The average molecular weight is 640 g/mol. The van der Waals surface area contributed by atoms with Crippen LogP contribution in [0.4, 0.5) is 0 Å². The topological polar surface area (TPSA) is 25.9 Å². The Balaban J connectivity index is 0.00000106. The van der Waals surface area contributed by atoms with E-state index in [0.29, 0.717) is 0 Å². The molecule has 1 aromatic rings. The van der Waals surface area contributed by atoms with Crippen LogP contribution in [0.3, 0.4) is 0 Å². The van der Waals surface area contributed by atoms with Crippen molar-refractivity contribution in [2.75, 3.05) is 13.1 Å². The van der Waals surface area contributed by atoms with E-state index >= 15 is 0 Å². The molecule has 0 fully saturated rings. The van der Waals surface area contributed by atoms with Gasteiger partial charge in [0.15, 0.2) is 0 Å². The van der Waals surface area contributed by atoms with E-state index in [0.717, 1.165) is 37.6 Å². The van der Waals surface area contributed by atoms with Gasteiger partial charge in [0, 0.05) is 13.1 Å². The molecule has 0 aromatic carbocycles. The summed E-state index contributed by atoms with van der Waals surface area (Å²) < 4.78 is 0. The number of halogens is 2. The van der Waals surface area contributed by atoms with Crippen molar-refractivity contribution in [1.82, 2.24) is 24.6 Å². The zero-order chi connectivity index (χ0) is 22.2. The van der Waals surface area contributed by atoms with Crippen molar-refractivity contribution < 1.29 is 40.0 Å². The predicted molar refractivity (Wildman–Crippen MR) is 117 cm³/mol. The molecule has 2 aliphatic heterocycles. The standard InChI is InChI=1S/C21H31N5.2Ag.2ClH/c1-3-5-10-23-12-14-25(18-23)16-20-8-7-9-21(22-20)17-26-15-13-24(19-26)11-6-4-2;;;;/h7-9,12-15,18-19H,3-6,10-11,16-17H2,1-2H3;;;2*1H/q-2;2*+1;;/p-2. The van der Waals surface area contributed by atoms with Gasteiger partial charge >= 0.3 is 58.4 Å². The molecular formula is C21H31Ag2Cl2N5-2. The molecule has 9 heteroatoms. The first-order valence-corrected chi connectivity index (χ1v) is 13.9. The second-order valence-electron chi connectivity index (χ2n) is 6.97. The quantitative estimate of drug-likeness (QED) is 0.250. The molecule has 0 spiro atoms. The Bertz CT molecular complexity index is 584. The summed E-state index contributed by atoms with van der Waals surface area (Å²) in [6, 6.07) is 6.33. The van der Waals surface area contributed by atoms with Crippen LogP contribution in [-0.4, -0.2) is 37.7 Å². The van der Waals surface area contributed by atoms with Gasteiger partial charge in [0.05, 0.1) is 11.4 Å². The Morgan fingerprint density at radius 1 is 0.733 bits per heavy atom. The van der Waals surface area contributed by atoms with E-state index < -0.39 is 0 Å². The Kier molecular flexibility index (Phi) is 16.2. The van der Waals surface area contributed by atoms with Crippen molar-refractivity contribution >= 4 is 18.4 Å². The molecule has 0 saturated carbocycles. The molecule has 1 aromatic heterocycles. The molecule has 0 N–H and O–H groups in total. The molecular weight excluding hydrogens is 609 g/mol. The molecule has 0 atom stereocenters. The fraction of sp³-hybridized carbons (Fsp3) is 0.476. The SMILES string of the molecule is CCCCN1C=CN(Cc2cccc(CN3C=CN(CCCC)[CH-]3)n2)[CH-]1.[Cl][Ag].[Cl][Ag]. The van der Waals surface area contributed by atoms with Crippen LogP contribution < -0.4 is 0 Å². The predicted octanol–water partition coefficient (Wildman–Crippen LogP) is 5.47. The van der Waals surface area contributed by atoms with Gasteiger partial charge in [0.1, 0.15) is 0 Å². The summed E-state index contributed by atoms with van der Waals surface area (Å²) in [6.45, 7) is 12.6.